The van der Waals surface area contributed by atoms with Crippen molar-refractivity contribution < 1.29 is 23.9 Å². The van der Waals surface area contributed by atoms with Crippen LogP contribution < -0.4 is 5.32 Å². The summed E-state index contributed by atoms with van der Waals surface area (Å²) in [6.07, 6.45) is 2.77. The predicted molar refractivity (Wildman–Crippen MR) is 242 cm³/mol. The van der Waals surface area contributed by atoms with Crippen LogP contribution in [0.1, 0.15) is 89.5 Å². The maximum absolute atomic E-state index is 13.7. The molecular weight excluding hydrogens is 795 g/mol. The first-order chi connectivity index (χ1) is 30.3. The number of ether oxygens (including phenoxy) is 2. The van der Waals surface area contributed by atoms with Gasteiger partial charge in [-0.25, -0.2) is 9.78 Å². The minimum atomic E-state index is -0.689. The van der Waals surface area contributed by atoms with Gasteiger partial charge in [0.1, 0.15) is 18.5 Å². The molecule has 0 aliphatic carbocycles. The maximum Gasteiger partial charge on any atom is 0.407 e. The molecule has 3 amide bonds. The Morgan fingerprint density at radius 1 is 0.762 bits per heavy atom. The summed E-state index contributed by atoms with van der Waals surface area (Å²) in [6.45, 7) is 11.8. The minimum Gasteiger partial charge on any atom is -0.453 e. The molecule has 3 aromatic heterocycles. The van der Waals surface area contributed by atoms with Crippen molar-refractivity contribution in [1.82, 2.24) is 45.1 Å². The molecule has 328 valence electrons. The molecule has 2 unspecified atom stereocenters. The number of rotatable bonds is 12. The van der Waals surface area contributed by atoms with Gasteiger partial charge in [0, 0.05) is 37.0 Å². The zero-order chi connectivity index (χ0) is 44.4. The Kier molecular flexibility index (Phi) is 12.4. The standard InChI is InChI=1S/C49H57N9O5/c1-30(2)44(50-48(61)63-7)47(60)57-27-8-10-41(57)38-28-37(52-53-38)31-12-14-32(15-13-31)39-24-25-40(58(39)36-22-20-35(21-23-36)49(3,4)5)33-16-18-34(19-17-33)45-51-46(55-54-45)42-11-9-26-56(42)43(59)29-62-6/h12-25,28,30,41-42,44H,8-11,26-27,29H2,1-7H3,(H,50,61)(H,52,53)(H,51,54,55)/t41-,42?,44?/m0/s1. The van der Waals surface area contributed by atoms with Gasteiger partial charge in [0.2, 0.25) is 11.8 Å². The number of methoxy groups -OCH3 is 2. The predicted octanol–water partition coefficient (Wildman–Crippen LogP) is 8.64. The van der Waals surface area contributed by atoms with E-state index < -0.39 is 12.1 Å². The molecule has 14 heteroatoms. The van der Waals surface area contributed by atoms with Crippen LogP contribution in [0, 0.1) is 5.92 Å². The first-order valence-electron chi connectivity index (χ1n) is 21.8. The third kappa shape index (κ3) is 8.90. The Morgan fingerprint density at radius 3 is 1.97 bits per heavy atom. The normalized spacial score (nSPS) is 17.1. The molecule has 6 aromatic rings. The van der Waals surface area contributed by atoms with Crippen LogP contribution in [0.15, 0.2) is 91.0 Å². The van der Waals surface area contributed by atoms with E-state index in [0.29, 0.717) is 24.7 Å². The molecule has 3 aromatic carbocycles. The van der Waals surface area contributed by atoms with Gasteiger partial charge in [-0.3, -0.25) is 19.8 Å². The fourth-order valence-electron chi connectivity index (χ4n) is 8.87. The van der Waals surface area contributed by atoms with E-state index >= 15 is 0 Å². The zero-order valence-electron chi connectivity index (χ0n) is 37.1. The van der Waals surface area contributed by atoms with Crippen LogP contribution in [0.4, 0.5) is 4.79 Å². The third-order valence-electron chi connectivity index (χ3n) is 12.3. The van der Waals surface area contributed by atoms with E-state index in [1.165, 1.54) is 19.8 Å². The number of nitrogens with zero attached hydrogens (tertiary/aromatic N) is 6. The van der Waals surface area contributed by atoms with Crippen LogP contribution in [-0.2, 0) is 24.5 Å². The summed E-state index contributed by atoms with van der Waals surface area (Å²) in [5.74, 6) is 0.991. The molecule has 14 nitrogen and oxygen atoms in total. The van der Waals surface area contributed by atoms with E-state index in [1.807, 2.05) is 41.8 Å². The molecule has 2 aliphatic rings. The Hall–Kier alpha value is -6.54. The molecule has 3 N–H and O–H groups in total. The second kappa shape index (κ2) is 18.1. The number of likely N-dealkylation sites (tertiary alicyclic amines) is 2. The van der Waals surface area contributed by atoms with E-state index in [9.17, 15) is 14.4 Å². The fraction of sp³-hybridized carbons (Fsp3) is 0.388. The molecule has 8 rings (SSSR count). The molecule has 0 spiro atoms. The SMILES string of the molecule is COCC(=O)N1CCCC1c1nc(-c2ccc(-c3ccc(-c4ccc(-c5cc([C@@H]6CCCN6C(=O)C(NC(=O)OC)C(C)C)[nH]n5)cc4)n3-c3ccc(C(C)(C)C)cc3)cc2)n[nH]1. The van der Waals surface area contributed by atoms with Gasteiger partial charge in [-0.05, 0) is 84.0 Å². The number of aromatic amines is 2. The highest BCUT2D eigenvalue weighted by molar-refractivity contribution is 5.86. The van der Waals surface area contributed by atoms with Gasteiger partial charge in [0.25, 0.3) is 0 Å². The van der Waals surface area contributed by atoms with Crippen molar-refractivity contribution in [2.75, 3.05) is 33.9 Å². The van der Waals surface area contributed by atoms with Crippen molar-refractivity contribution in [3.63, 3.8) is 0 Å². The Labute approximate surface area is 368 Å². The zero-order valence-corrected chi connectivity index (χ0v) is 37.1. The van der Waals surface area contributed by atoms with E-state index in [2.05, 4.69) is 124 Å². The van der Waals surface area contributed by atoms with Crippen LogP contribution in [0.25, 0.3) is 50.8 Å². The summed E-state index contributed by atoms with van der Waals surface area (Å²) in [6, 6.07) is 30.8. The highest BCUT2D eigenvalue weighted by Gasteiger charge is 2.37. The number of H-pyrrole nitrogens is 2. The molecular formula is C49H57N9O5. The maximum atomic E-state index is 13.7. The second-order valence-corrected chi connectivity index (χ2v) is 17.9. The molecule has 0 saturated carbocycles. The van der Waals surface area contributed by atoms with Crippen molar-refractivity contribution in [3.8, 4) is 50.8 Å². The molecule has 2 aliphatic heterocycles. The van der Waals surface area contributed by atoms with E-state index in [0.717, 1.165) is 76.4 Å². The van der Waals surface area contributed by atoms with Gasteiger partial charge < -0.3 is 29.2 Å². The number of benzene rings is 3. The molecule has 5 heterocycles. The van der Waals surface area contributed by atoms with Gasteiger partial charge in [0.15, 0.2) is 5.82 Å². The Morgan fingerprint density at radius 2 is 1.37 bits per heavy atom. The summed E-state index contributed by atoms with van der Waals surface area (Å²) in [4.78, 5) is 46.9. The quantitative estimate of drug-likeness (QED) is 0.110. The van der Waals surface area contributed by atoms with Gasteiger partial charge in [-0.15, -0.1) is 0 Å². The minimum absolute atomic E-state index is 0.0120. The van der Waals surface area contributed by atoms with Crippen molar-refractivity contribution >= 4 is 17.9 Å². The summed E-state index contributed by atoms with van der Waals surface area (Å²) in [5.41, 5.74) is 9.94. The van der Waals surface area contributed by atoms with Crippen LogP contribution >= 0.6 is 0 Å². The van der Waals surface area contributed by atoms with E-state index in [1.54, 1.807) is 0 Å². The van der Waals surface area contributed by atoms with Crippen molar-refractivity contribution in [2.45, 2.75) is 83.8 Å². The van der Waals surface area contributed by atoms with Crippen LogP contribution in [0.3, 0.4) is 0 Å². The van der Waals surface area contributed by atoms with E-state index in [4.69, 9.17) is 14.5 Å². The second-order valence-electron chi connectivity index (χ2n) is 17.9. The van der Waals surface area contributed by atoms with E-state index in [-0.39, 0.29) is 41.8 Å². The molecule has 0 radical (unpaired) electrons. The van der Waals surface area contributed by atoms with Crippen molar-refractivity contribution in [1.29, 1.82) is 0 Å². The summed E-state index contributed by atoms with van der Waals surface area (Å²) >= 11 is 0. The largest absolute Gasteiger partial charge is 0.453 e. The topological polar surface area (TPSA) is 163 Å². The van der Waals surface area contributed by atoms with Crippen molar-refractivity contribution in [2.24, 2.45) is 5.92 Å². The van der Waals surface area contributed by atoms with Crippen molar-refractivity contribution in [3.05, 3.63) is 108 Å². The lowest BCUT2D eigenvalue weighted by atomic mass is 9.87. The van der Waals surface area contributed by atoms with Gasteiger partial charge >= 0.3 is 6.09 Å². The van der Waals surface area contributed by atoms with Crippen LogP contribution in [0.5, 0.6) is 0 Å². The summed E-state index contributed by atoms with van der Waals surface area (Å²) in [5, 5.41) is 18.3. The van der Waals surface area contributed by atoms with Gasteiger partial charge in [-0.1, -0.05) is 95.3 Å². The first-order valence-corrected chi connectivity index (χ1v) is 21.8. The smallest absolute Gasteiger partial charge is 0.407 e. The third-order valence-corrected chi connectivity index (χ3v) is 12.3. The number of aromatic nitrogens is 6. The summed E-state index contributed by atoms with van der Waals surface area (Å²) in [7, 11) is 2.83. The lowest BCUT2D eigenvalue weighted by Gasteiger charge is -2.30. The number of carbonyl (C=O) groups excluding carboxylic acids is 3. The Bertz CT molecular complexity index is 2550. The highest BCUT2D eigenvalue weighted by atomic mass is 16.5. The first kappa shape index (κ1) is 43.1. The number of hydrogen-bond donors (Lipinski definition) is 3. The number of nitrogens with one attached hydrogen (secondary N) is 3. The monoisotopic (exact) mass is 851 g/mol. The average Bonchev–Trinajstić information content (AvgIpc) is 4.14. The number of alkyl carbamates (subject to hydrolysis) is 1. The number of carbonyl (C=O) groups is 3. The molecule has 0 bridgehead atoms. The Balaban J connectivity index is 1.06. The number of amides is 3. The molecule has 2 fully saturated rings. The number of hydrogen-bond acceptors (Lipinski definition) is 8. The summed E-state index contributed by atoms with van der Waals surface area (Å²) < 4.78 is 12.2. The van der Waals surface area contributed by atoms with Crippen LogP contribution in [-0.4, -0.2) is 97.6 Å². The average molecular weight is 852 g/mol. The van der Waals surface area contributed by atoms with Crippen LogP contribution in [0.2, 0.25) is 0 Å². The molecule has 63 heavy (non-hydrogen) atoms. The lowest BCUT2D eigenvalue weighted by molar-refractivity contribution is -0.136. The molecule has 2 saturated heterocycles. The molecule has 3 atom stereocenters. The van der Waals surface area contributed by atoms with Gasteiger partial charge in [-0.2, -0.15) is 10.2 Å². The highest BCUT2D eigenvalue weighted by Crippen LogP contribution is 2.37. The lowest BCUT2D eigenvalue weighted by Crippen LogP contribution is -2.51. The fourth-order valence-corrected chi connectivity index (χ4v) is 8.87. The van der Waals surface area contributed by atoms with Gasteiger partial charge in [0.05, 0.1) is 42.0 Å².